The summed E-state index contributed by atoms with van der Waals surface area (Å²) in [5.41, 5.74) is 7.24. The van der Waals surface area contributed by atoms with E-state index in [2.05, 4.69) is 81.7 Å². The molecule has 156 valence electrons. The largest absolute Gasteiger partial charge is 0.338 e. The first-order valence-electron chi connectivity index (χ1n) is 10.7. The molecule has 0 bridgehead atoms. The smallest absolute Gasteiger partial charge is 0.148 e. The van der Waals surface area contributed by atoms with Gasteiger partial charge in [-0.25, -0.2) is 9.97 Å². The van der Waals surface area contributed by atoms with Crippen molar-refractivity contribution in [3.63, 3.8) is 0 Å². The van der Waals surface area contributed by atoms with Gasteiger partial charge in [0.15, 0.2) is 0 Å². The molecule has 0 aliphatic carbocycles. The quantitative estimate of drug-likeness (QED) is 0.307. The van der Waals surface area contributed by atoms with Crippen LogP contribution < -0.4 is 0 Å². The van der Waals surface area contributed by atoms with E-state index >= 15 is 0 Å². The molecule has 0 saturated carbocycles. The summed E-state index contributed by atoms with van der Waals surface area (Å²) >= 11 is 1.76. The van der Waals surface area contributed by atoms with Crippen molar-refractivity contribution in [1.29, 1.82) is 0 Å². The number of aromatic nitrogens is 5. The van der Waals surface area contributed by atoms with Crippen LogP contribution in [0, 0.1) is 0 Å². The molecular formula is C27H17N5S. The number of nitrogens with zero attached hydrogens (tertiary/aromatic N) is 3. The summed E-state index contributed by atoms with van der Waals surface area (Å²) in [5.74, 6) is 1.76. The van der Waals surface area contributed by atoms with Gasteiger partial charge in [-0.05, 0) is 65.0 Å². The van der Waals surface area contributed by atoms with Gasteiger partial charge in [0.25, 0.3) is 0 Å². The predicted octanol–water partition coefficient (Wildman–Crippen LogP) is 7.05. The zero-order valence-corrected chi connectivity index (χ0v) is 18.2. The van der Waals surface area contributed by atoms with Gasteiger partial charge in [-0.15, -0.1) is 11.3 Å². The minimum atomic E-state index is 0.849. The lowest BCUT2D eigenvalue weighted by Crippen LogP contribution is -1.80. The molecule has 33 heavy (non-hydrogen) atoms. The SMILES string of the molecule is c1ccc2sc(-c3nc4ccc(-c5ccc6nc(-c7ccncc7)[nH]c6c5)cc4[nH]3)cc2c1. The highest BCUT2D eigenvalue weighted by molar-refractivity contribution is 7.22. The number of pyridine rings is 1. The summed E-state index contributed by atoms with van der Waals surface area (Å²) in [7, 11) is 0. The number of hydrogen-bond donors (Lipinski definition) is 2. The maximum atomic E-state index is 4.83. The zero-order valence-electron chi connectivity index (χ0n) is 17.4. The molecule has 2 N–H and O–H groups in total. The molecule has 3 aromatic carbocycles. The van der Waals surface area contributed by atoms with Crippen molar-refractivity contribution in [3.05, 3.63) is 91.3 Å². The highest BCUT2D eigenvalue weighted by Gasteiger charge is 2.11. The molecule has 0 amide bonds. The molecule has 0 unspecified atom stereocenters. The van der Waals surface area contributed by atoms with Crippen LogP contribution in [-0.2, 0) is 0 Å². The summed E-state index contributed by atoms with van der Waals surface area (Å²) < 4.78 is 1.27. The summed E-state index contributed by atoms with van der Waals surface area (Å²) in [6, 6.07) is 27.2. The van der Waals surface area contributed by atoms with Gasteiger partial charge in [0.1, 0.15) is 11.6 Å². The van der Waals surface area contributed by atoms with Gasteiger partial charge in [0.2, 0.25) is 0 Å². The van der Waals surface area contributed by atoms with Gasteiger partial charge in [-0.2, -0.15) is 0 Å². The number of H-pyrrole nitrogens is 2. The third-order valence-corrected chi connectivity index (χ3v) is 7.03. The number of aromatic amines is 2. The van der Waals surface area contributed by atoms with E-state index in [1.807, 2.05) is 12.1 Å². The Morgan fingerprint density at radius 1 is 0.606 bits per heavy atom. The van der Waals surface area contributed by atoms with Gasteiger partial charge in [0, 0.05) is 22.7 Å². The number of rotatable bonds is 3. The fourth-order valence-corrected chi connectivity index (χ4v) is 5.25. The second-order valence-corrected chi connectivity index (χ2v) is 9.10. The fraction of sp³-hybridized carbons (Fsp3) is 0. The Morgan fingerprint density at radius 3 is 2.00 bits per heavy atom. The van der Waals surface area contributed by atoms with E-state index in [0.717, 1.165) is 55.3 Å². The second kappa shape index (κ2) is 7.12. The van der Waals surface area contributed by atoms with E-state index in [0.29, 0.717) is 0 Å². The molecule has 0 radical (unpaired) electrons. The molecule has 4 aromatic heterocycles. The van der Waals surface area contributed by atoms with Gasteiger partial charge in [0.05, 0.1) is 26.9 Å². The van der Waals surface area contributed by atoms with Crippen LogP contribution in [-0.4, -0.2) is 24.9 Å². The van der Waals surface area contributed by atoms with Crippen LogP contribution in [0.4, 0.5) is 0 Å². The Kier molecular flexibility index (Phi) is 3.95. The number of imidazole rings is 2. The second-order valence-electron chi connectivity index (χ2n) is 8.02. The average molecular weight is 444 g/mol. The number of fused-ring (bicyclic) bond motifs is 3. The first-order chi connectivity index (χ1) is 16.3. The zero-order chi connectivity index (χ0) is 21.8. The third kappa shape index (κ3) is 3.11. The van der Waals surface area contributed by atoms with Crippen LogP contribution in [0.5, 0.6) is 0 Å². The van der Waals surface area contributed by atoms with Crippen LogP contribution in [0.2, 0.25) is 0 Å². The van der Waals surface area contributed by atoms with E-state index in [1.54, 1.807) is 23.7 Å². The minimum Gasteiger partial charge on any atom is -0.338 e. The standard InChI is InChI=1S/C27H17N5S/c1-2-4-24-19(3-1)15-25(33-24)27-30-21-8-6-18(14-23(21)32-27)17-5-7-20-22(13-17)31-26(29-20)16-9-11-28-12-10-16/h1-15H,(H,29,31)(H,30,32). The lowest BCUT2D eigenvalue weighted by atomic mass is 10.0. The highest BCUT2D eigenvalue weighted by atomic mass is 32.1. The minimum absolute atomic E-state index is 0.849. The van der Waals surface area contributed by atoms with E-state index in [-0.39, 0.29) is 0 Å². The molecule has 0 fully saturated rings. The number of thiophene rings is 1. The van der Waals surface area contributed by atoms with Crippen molar-refractivity contribution in [2.45, 2.75) is 0 Å². The van der Waals surface area contributed by atoms with Crippen molar-refractivity contribution < 1.29 is 0 Å². The van der Waals surface area contributed by atoms with Gasteiger partial charge >= 0.3 is 0 Å². The Hall–Kier alpha value is -4.29. The third-order valence-electron chi connectivity index (χ3n) is 5.91. The Morgan fingerprint density at radius 2 is 1.27 bits per heavy atom. The van der Waals surface area contributed by atoms with Gasteiger partial charge in [-0.1, -0.05) is 30.3 Å². The Labute approximate surface area is 192 Å². The fourth-order valence-electron chi connectivity index (χ4n) is 4.24. The molecule has 7 aromatic rings. The molecule has 4 heterocycles. The summed E-state index contributed by atoms with van der Waals surface area (Å²) in [4.78, 5) is 21.8. The van der Waals surface area contributed by atoms with Crippen LogP contribution in [0.3, 0.4) is 0 Å². The van der Waals surface area contributed by atoms with Crippen LogP contribution >= 0.6 is 11.3 Å². The molecule has 0 aliphatic heterocycles. The lowest BCUT2D eigenvalue weighted by Gasteiger charge is -2.01. The summed E-state index contributed by atoms with van der Waals surface area (Å²) in [6.07, 6.45) is 3.56. The Balaban J connectivity index is 1.27. The van der Waals surface area contributed by atoms with Crippen LogP contribution in [0.25, 0.3) is 65.4 Å². The monoisotopic (exact) mass is 443 g/mol. The van der Waals surface area contributed by atoms with E-state index in [4.69, 9.17) is 9.97 Å². The maximum absolute atomic E-state index is 4.83. The van der Waals surface area contributed by atoms with Gasteiger partial charge < -0.3 is 9.97 Å². The Bertz CT molecular complexity index is 1740. The van der Waals surface area contributed by atoms with Crippen molar-refractivity contribution >= 4 is 43.5 Å². The van der Waals surface area contributed by atoms with E-state index in [9.17, 15) is 0 Å². The predicted molar refractivity (Wildman–Crippen MR) is 135 cm³/mol. The van der Waals surface area contributed by atoms with Crippen LogP contribution in [0.1, 0.15) is 0 Å². The summed E-state index contributed by atoms with van der Waals surface area (Å²) in [6.45, 7) is 0. The first-order valence-corrected chi connectivity index (χ1v) is 11.5. The van der Waals surface area contributed by atoms with Crippen molar-refractivity contribution in [3.8, 4) is 33.2 Å². The molecular weight excluding hydrogens is 426 g/mol. The van der Waals surface area contributed by atoms with Gasteiger partial charge in [-0.3, -0.25) is 4.98 Å². The number of benzene rings is 3. The van der Waals surface area contributed by atoms with Crippen molar-refractivity contribution in [2.75, 3.05) is 0 Å². The van der Waals surface area contributed by atoms with Crippen molar-refractivity contribution in [1.82, 2.24) is 24.9 Å². The molecule has 6 heteroatoms. The normalized spacial score (nSPS) is 11.6. The number of nitrogens with one attached hydrogen (secondary N) is 2. The molecule has 0 saturated heterocycles. The topological polar surface area (TPSA) is 70.2 Å². The highest BCUT2D eigenvalue weighted by Crippen LogP contribution is 2.34. The molecule has 0 atom stereocenters. The lowest BCUT2D eigenvalue weighted by molar-refractivity contribution is 1.28. The van der Waals surface area contributed by atoms with E-state index in [1.165, 1.54) is 10.1 Å². The summed E-state index contributed by atoms with van der Waals surface area (Å²) in [5, 5.41) is 1.25. The average Bonchev–Trinajstić information content (AvgIpc) is 3.59. The first kappa shape index (κ1) is 18.3. The van der Waals surface area contributed by atoms with Crippen molar-refractivity contribution in [2.24, 2.45) is 0 Å². The molecule has 0 spiro atoms. The molecule has 0 aliphatic rings. The number of hydrogen-bond acceptors (Lipinski definition) is 4. The molecule has 5 nitrogen and oxygen atoms in total. The van der Waals surface area contributed by atoms with E-state index < -0.39 is 0 Å². The maximum Gasteiger partial charge on any atom is 0.148 e. The molecule has 7 rings (SSSR count). The van der Waals surface area contributed by atoms with Crippen LogP contribution in [0.15, 0.2) is 91.3 Å².